The lowest BCUT2D eigenvalue weighted by atomic mass is 9.86. The van der Waals surface area contributed by atoms with Crippen LogP contribution in [0.3, 0.4) is 0 Å². The first-order valence-electron chi connectivity index (χ1n) is 7.08. The third-order valence-corrected chi connectivity index (χ3v) is 3.46. The van der Waals surface area contributed by atoms with Crippen LogP contribution in [0, 0.1) is 11.8 Å². The summed E-state index contributed by atoms with van der Waals surface area (Å²) >= 11 is 0. The predicted molar refractivity (Wildman–Crippen MR) is 81.1 cm³/mol. The zero-order chi connectivity index (χ0) is 17.4. The van der Waals surface area contributed by atoms with E-state index in [1.54, 1.807) is 0 Å². The van der Waals surface area contributed by atoms with Gasteiger partial charge < -0.3 is 9.84 Å². The third kappa shape index (κ3) is 4.91. The Hall–Kier alpha value is -2.70. The molecule has 0 radical (unpaired) electrons. The minimum atomic E-state index is -0.981. The van der Waals surface area contributed by atoms with E-state index in [4.69, 9.17) is 9.84 Å². The van der Waals surface area contributed by atoms with Gasteiger partial charge in [0.2, 0.25) is 11.8 Å². The Morgan fingerprint density at radius 1 is 1.30 bits per heavy atom. The van der Waals surface area contributed by atoms with Crippen LogP contribution in [0.4, 0.5) is 0 Å². The van der Waals surface area contributed by atoms with Gasteiger partial charge in [0.1, 0.15) is 6.61 Å². The number of esters is 1. The number of carboxylic acids is 1. The number of rotatable bonds is 5. The molecule has 1 aliphatic heterocycles. The summed E-state index contributed by atoms with van der Waals surface area (Å²) in [5.41, 5.74) is 0. The van der Waals surface area contributed by atoms with E-state index < -0.39 is 11.9 Å². The molecule has 1 fully saturated rings. The van der Waals surface area contributed by atoms with Crippen LogP contribution in [0.2, 0.25) is 0 Å². The summed E-state index contributed by atoms with van der Waals surface area (Å²) in [4.78, 5) is 45.3. The van der Waals surface area contributed by atoms with Crippen LogP contribution in [-0.2, 0) is 23.9 Å². The molecule has 1 heterocycles. The topological polar surface area (TPSA) is 101 Å². The SMILES string of the molecule is C=CC(=O)O.C=CC(=O)OCCN1C(=O)C2C=CCCC2C1=O. The van der Waals surface area contributed by atoms with E-state index in [0.717, 1.165) is 18.6 Å². The third-order valence-electron chi connectivity index (χ3n) is 3.46. The summed E-state index contributed by atoms with van der Waals surface area (Å²) in [5.74, 6) is -2.41. The molecule has 1 saturated heterocycles. The zero-order valence-corrected chi connectivity index (χ0v) is 12.6. The largest absolute Gasteiger partial charge is 0.478 e. The number of hydrogen-bond donors (Lipinski definition) is 1. The maximum atomic E-state index is 12.0. The number of carboxylic acid groups (broad SMARTS) is 1. The summed E-state index contributed by atoms with van der Waals surface area (Å²) in [7, 11) is 0. The number of likely N-dealkylation sites (tertiary alicyclic amines) is 1. The lowest BCUT2D eigenvalue weighted by molar-refractivity contribution is -0.145. The number of aliphatic carboxylic acids is 1. The van der Waals surface area contributed by atoms with E-state index in [2.05, 4.69) is 13.2 Å². The van der Waals surface area contributed by atoms with Crippen LogP contribution in [0.1, 0.15) is 12.8 Å². The van der Waals surface area contributed by atoms with E-state index in [1.165, 1.54) is 4.90 Å². The normalized spacial score (nSPS) is 21.8. The Morgan fingerprint density at radius 3 is 2.48 bits per heavy atom. The van der Waals surface area contributed by atoms with Crippen molar-refractivity contribution < 1.29 is 29.0 Å². The second-order valence-corrected chi connectivity index (χ2v) is 4.88. The molecule has 2 aliphatic rings. The van der Waals surface area contributed by atoms with Gasteiger partial charge in [-0.2, -0.15) is 0 Å². The van der Waals surface area contributed by atoms with Crippen LogP contribution < -0.4 is 0 Å². The van der Waals surface area contributed by atoms with Crippen molar-refractivity contribution in [1.82, 2.24) is 4.90 Å². The van der Waals surface area contributed by atoms with Gasteiger partial charge in [-0.1, -0.05) is 25.3 Å². The van der Waals surface area contributed by atoms with Crippen LogP contribution in [0.25, 0.3) is 0 Å². The van der Waals surface area contributed by atoms with Crippen molar-refractivity contribution in [1.29, 1.82) is 0 Å². The van der Waals surface area contributed by atoms with Gasteiger partial charge in [0.15, 0.2) is 0 Å². The Labute approximate surface area is 133 Å². The lowest BCUT2D eigenvalue weighted by Crippen LogP contribution is -2.34. The first kappa shape index (κ1) is 18.3. The van der Waals surface area contributed by atoms with Crippen LogP contribution in [-0.4, -0.2) is 46.9 Å². The Morgan fingerprint density at radius 2 is 1.96 bits per heavy atom. The van der Waals surface area contributed by atoms with E-state index >= 15 is 0 Å². The molecule has 0 spiro atoms. The van der Waals surface area contributed by atoms with E-state index in [0.29, 0.717) is 6.42 Å². The van der Waals surface area contributed by atoms with Crippen molar-refractivity contribution in [2.45, 2.75) is 12.8 Å². The molecule has 23 heavy (non-hydrogen) atoms. The van der Waals surface area contributed by atoms with Gasteiger partial charge in [-0.25, -0.2) is 9.59 Å². The first-order chi connectivity index (χ1) is 10.9. The predicted octanol–water partition coefficient (Wildman–Crippen LogP) is 0.924. The minimum Gasteiger partial charge on any atom is -0.478 e. The lowest BCUT2D eigenvalue weighted by Gasteiger charge is -2.14. The molecular formula is C16H19NO6. The summed E-state index contributed by atoms with van der Waals surface area (Å²) in [6.45, 7) is 6.37. The highest BCUT2D eigenvalue weighted by Crippen LogP contribution is 2.33. The molecule has 124 valence electrons. The average Bonchev–Trinajstić information content (AvgIpc) is 2.80. The Bertz CT molecular complexity index is 551. The summed E-state index contributed by atoms with van der Waals surface area (Å²) < 4.78 is 4.78. The van der Waals surface area contributed by atoms with Crippen molar-refractivity contribution in [3.63, 3.8) is 0 Å². The highest BCUT2D eigenvalue weighted by Gasteiger charge is 2.46. The number of amides is 2. The number of allylic oxidation sites excluding steroid dienone is 1. The maximum absolute atomic E-state index is 12.0. The molecule has 0 aromatic carbocycles. The molecule has 0 saturated carbocycles. The molecule has 0 aromatic heterocycles. The summed E-state index contributed by atoms with van der Waals surface area (Å²) in [6.07, 6.45) is 7.18. The number of hydrogen-bond acceptors (Lipinski definition) is 5. The molecule has 7 heteroatoms. The molecule has 2 rings (SSSR count). The molecule has 2 atom stereocenters. The van der Waals surface area contributed by atoms with Gasteiger partial charge in [0.25, 0.3) is 0 Å². The van der Waals surface area contributed by atoms with E-state index in [9.17, 15) is 19.2 Å². The number of imide groups is 1. The molecular weight excluding hydrogens is 302 g/mol. The number of carbonyl (C=O) groups is 4. The molecule has 0 aromatic rings. The van der Waals surface area contributed by atoms with Crippen LogP contribution in [0.5, 0.6) is 0 Å². The van der Waals surface area contributed by atoms with Crippen LogP contribution >= 0.6 is 0 Å². The zero-order valence-electron chi connectivity index (χ0n) is 12.6. The molecule has 1 aliphatic carbocycles. The molecule has 7 nitrogen and oxygen atoms in total. The standard InChI is InChI=1S/C13H15NO4.C3H4O2/c1-2-11(15)18-8-7-14-12(16)9-5-3-4-6-10(9)13(14)17;1-2-3(4)5/h2-3,5,9-10H,1,4,6-8H2;2H,1H2,(H,4,5). The molecule has 2 unspecified atom stereocenters. The summed E-state index contributed by atoms with van der Waals surface area (Å²) in [5, 5.41) is 7.60. The van der Waals surface area contributed by atoms with Gasteiger partial charge in [0, 0.05) is 12.2 Å². The fourth-order valence-electron chi connectivity index (χ4n) is 2.37. The van der Waals surface area contributed by atoms with E-state index in [-0.39, 0.29) is 36.8 Å². The van der Waals surface area contributed by atoms with Crippen LogP contribution in [0.15, 0.2) is 37.5 Å². The monoisotopic (exact) mass is 321 g/mol. The van der Waals surface area contributed by atoms with Gasteiger partial charge in [-0.3, -0.25) is 14.5 Å². The van der Waals surface area contributed by atoms with E-state index in [1.807, 2.05) is 12.2 Å². The Balaban J connectivity index is 0.000000463. The van der Waals surface area contributed by atoms with Gasteiger partial charge in [-0.05, 0) is 12.8 Å². The minimum absolute atomic E-state index is 0.0193. The van der Waals surface area contributed by atoms with Gasteiger partial charge in [-0.15, -0.1) is 0 Å². The fraction of sp³-hybridized carbons (Fsp3) is 0.375. The number of nitrogens with zero attached hydrogens (tertiary/aromatic N) is 1. The van der Waals surface area contributed by atoms with Crippen molar-refractivity contribution in [3.05, 3.63) is 37.5 Å². The maximum Gasteiger partial charge on any atom is 0.330 e. The van der Waals surface area contributed by atoms with Crippen molar-refractivity contribution in [3.8, 4) is 0 Å². The smallest absolute Gasteiger partial charge is 0.330 e. The van der Waals surface area contributed by atoms with Gasteiger partial charge in [0.05, 0.1) is 18.4 Å². The van der Waals surface area contributed by atoms with Crippen molar-refractivity contribution in [2.24, 2.45) is 11.8 Å². The quantitative estimate of drug-likeness (QED) is 0.350. The summed E-state index contributed by atoms with van der Waals surface area (Å²) in [6, 6.07) is 0. The van der Waals surface area contributed by atoms with Crippen molar-refractivity contribution >= 4 is 23.8 Å². The molecule has 2 amide bonds. The second-order valence-electron chi connectivity index (χ2n) is 4.88. The highest BCUT2D eigenvalue weighted by molar-refractivity contribution is 6.06. The first-order valence-corrected chi connectivity index (χ1v) is 7.08. The highest BCUT2D eigenvalue weighted by atomic mass is 16.5. The Kier molecular flexibility index (Phi) is 6.92. The average molecular weight is 321 g/mol. The number of fused-ring (bicyclic) bond motifs is 1. The van der Waals surface area contributed by atoms with Crippen molar-refractivity contribution in [2.75, 3.05) is 13.2 Å². The number of carbonyl (C=O) groups excluding carboxylic acids is 3. The fourth-order valence-corrected chi connectivity index (χ4v) is 2.37. The van der Waals surface area contributed by atoms with Gasteiger partial charge >= 0.3 is 11.9 Å². The number of ether oxygens (including phenoxy) is 1. The molecule has 0 bridgehead atoms. The second kappa shape index (κ2) is 8.67. The molecule has 1 N–H and O–H groups in total.